The van der Waals surface area contributed by atoms with Crippen LogP contribution in [0.25, 0.3) is 0 Å². The van der Waals surface area contributed by atoms with Gasteiger partial charge in [0.25, 0.3) is 5.91 Å². The number of fused-ring (bicyclic) bond motifs is 1. The summed E-state index contributed by atoms with van der Waals surface area (Å²) in [5.41, 5.74) is 0.482. The van der Waals surface area contributed by atoms with Gasteiger partial charge in [0.05, 0.1) is 6.04 Å². The van der Waals surface area contributed by atoms with Crippen LogP contribution in [0.4, 0.5) is 0 Å². The quantitative estimate of drug-likeness (QED) is 0.803. The number of piperidine rings is 1. The first-order valence-corrected chi connectivity index (χ1v) is 9.76. The van der Waals surface area contributed by atoms with Crippen molar-refractivity contribution in [2.24, 2.45) is 0 Å². The number of halogens is 1. The summed E-state index contributed by atoms with van der Waals surface area (Å²) in [6, 6.07) is 2.14. The van der Waals surface area contributed by atoms with Gasteiger partial charge in [-0.1, -0.05) is 6.42 Å². The molecule has 27 heavy (non-hydrogen) atoms. The van der Waals surface area contributed by atoms with Gasteiger partial charge in [-0.05, 0) is 38.3 Å². The van der Waals surface area contributed by atoms with Gasteiger partial charge in [0.15, 0.2) is 0 Å². The van der Waals surface area contributed by atoms with Crippen molar-refractivity contribution < 1.29 is 4.79 Å². The van der Waals surface area contributed by atoms with E-state index in [0.29, 0.717) is 24.7 Å². The number of nitrogens with zero attached hydrogens (tertiary/aromatic N) is 5. The lowest BCUT2D eigenvalue weighted by atomic mass is 10.1. The SMILES string of the molecule is Cl.O=C(NCCc1nnc2n1CCCCC2)c1ccn(C2CCCNC2)n1. The van der Waals surface area contributed by atoms with Gasteiger partial charge in [0, 0.05) is 38.7 Å². The van der Waals surface area contributed by atoms with Crippen LogP contribution in [-0.4, -0.2) is 50.1 Å². The van der Waals surface area contributed by atoms with E-state index < -0.39 is 0 Å². The van der Waals surface area contributed by atoms with E-state index in [1.807, 2.05) is 10.9 Å². The van der Waals surface area contributed by atoms with Crippen LogP contribution in [-0.2, 0) is 19.4 Å². The van der Waals surface area contributed by atoms with Crippen LogP contribution in [0.15, 0.2) is 12.3 Å². The highest BCUT2D eigenvalue weighted by Crippen LogP contribution is 2.16. The van der Waals surface area contributed by atoms with Crippen molar-refractivity contribution in [1.29, 1.82) is 0 Å². The van der Waals surface area contributed by atoms with Gasteiger partial charge in [-0.25, -0.2) is 0 Å². The maximum absolute atomic E-state index is 12.4. The van der Waals surface area contributed by atoms with Crippen LogP contribution in [0, 0.1) is 0 Å². The number of carbonyl (C=O) groups is 1. The van der Waals surface area contributed by atoms with E-state index >= 15 is 0 Å². The first-order valence-electron chi connectivity index (χ1n) is 9.76. The molecular formula is C18H28ClN7O. The standard InChI is InChI=1S/C18H27N7O.ClH/c26-18(15-8-12-25(23-15)14-5-4-9-19-13-14)20-10-7-17-22-21-16-6-2-1-3-11-24(16)17;/h8,12,14,19H,1-7,9-11,13H2,(H,20,26);1H. The second kappa shape index (κ2) is 9.32. The summed E-state index contributed by atoms with van der Waals surface area (Å²) in [6.07, 6.45) is 9.48. The minimum Gasteiger partial charge on any atom is -0.350 e. The number of nitrogens with one attached hydrogen (secondary N) is 2. The molecule has 148 valence electrons. The number of carbonyl (C=O) groups excluding carboxylic acids is 1. The predicted molar refractivity (Wildman–Crippen MR) is 104 cm³/mol. The number of amides is 1. The summed E-state index contributed by atoms with van der Waals surface area (Å²) < 4.78 is 4.14. The molecule has 4 heterocycles. The van der Waals surface area contributed by atoms with E-state index in [0.717, 1.165) is 50.5 Å². The van der Waals surface area contributed by atoms with E-state index in [1.165, 1.54) is 19.3 Å². The normalized spacial score (nSPS) is 19.6. The molecule has 2 aliphatic heterocycles. The van der Waals surface area contributed by atoms with Gasteiger partial charge >= 0.3 is 0 Å². The molecule has 2 aromatic heterocycles. The zero-order valence-electron chi connectivity index (χ0n) is 15.6. The summed E-state index contributed by atoms with van der Waals surface area (Å²) in [4.78, 5) is 12.4. The van der Waals surface area contributed by atoms with Crippen molar-refractivity contribution in [2.45, 2.75) is 57.5 Å². The van der Waals surface area contributed by atoms with Gasteiger partial charge in [-0.2, -0.15) is 5.10 Å². The summed E-state index contributed by atoms with van der Waals surface area (Å²) in [7, 11) is 0. The van der Waals surface area contributed by atoms with Crippen LogP contribution in [0.2, 0.25) is 0 Å². The molecule has 0 radical (unpaired) electrons. The fraction of sp³-hybridized carbons (Fsp3) is 0.667. The lowest BCUT2D eigenvalue weighted by molar-refractivity contribution is 0.0947. The van der Waals surface area contributed by atoms with E-state index in [2.05, 4.69) is 30.5 Å². The molecule has 1 saturated heterocycles. The second-order valence-electron chi connectivity index (χ2n) is 7.18. The molecule has 0 spiro atoms. The van der Waals surface area contributed by atoms with Crippen molar-refractivity contribution in [2.75, 3.05) is 19.6 Å². The highest BCUT2D eigenvalue weighted by atomic mass is 35.5. The Kier molecular flexibility index (Phi) is 6.84. The minimum atomic E-state index is -0.122. The number of hydrogen-bond donors (Lipinski definition) is 2. The lowest BCUT2D eigenvalue weighted by Crippen LogP contribution is -2.32. The molecule has 1 atom stereocenters. The smallest absolute Gasteiger partial charge is 0.271 e. The van der Waals surface area contributed by atoms with Gasteiger partial charge in [0.1, 0.15) is 17.3 Å². The Morgan fingerprint density at radius 2 is 2.19 bits per heavy atom. The Hall–Kier alpha value is -1.93. The van der Waals surface area contributed by atoms with E-state index in [1.54, 1.807) is 6.07 Å². The molecule has 2 aliphatic rings. The maximum atomic E-state index is 12.4. The van der Waals surface area contributed by atoms with Crippen LogP contribution < -0.4 is 10.6 Å². The topological polar surface area (TPSA) is 89.7 Å². The Balaban J connectivity index is 0.00000210. The first-order chi connectivity index (χ1) is 12.8. The fourth-order valence-electron chi connectivity index (χ4n) is 3.83. The molecule has 4 rings (SSSR count). The molecular weight excluding hydrogens is 366 g/mol. The third-order valence-electron chi connectivity index (χ3n) is 5.31. The average Bonchev–Trinajstić information content (AvgIpc) is 3.24. The summed E-state index contributed by atoms with van der Waals surface area (Å²) >= 11 is 0. The zero-order valence-corrected chi connectivity index (χ0v) is 16.4. The van der Waals surface area contributed by atoms with E-state index in [4.69, 9.17) is 0 Å². The van der Waals surface area contributed by atoms with Crippen LogP contribution >= 0.6 is 12.4 Å². The summed E-state index contributed by atoms with van der Waals surface area (Å²) in [6.45, 7) is 3.53. The number of aryl methyl sites for hydroxylation is 1. The molecule has 8 nitrogen and oxygen atoms in total. The molecule has 0 aromatic carbocycles. The molecule has 9 heteroatoms. The Bertz CT molecular complexity index is 751. The molecule has 1 unspecified atom stereocenters. The zero-order chi connectivity index (χ0) is 17.8. The van der Waals surface area contributed by atoms with Crippen molar-refractivity contribution in [3.05, 3.63) is 29.6 Å². The van der Waals surface area contributed by atoms with Gasteiger partial charge < -0.3 is 15.2 Å². The largest absolute Gasteiger partial charge is 0.350 e. The monoisotopic (exact) mass is 393 g/mol. The molecule has 1 amide bonds. The highest BCUT2D eigenvalue weighted by molar-refractivity contribution is 5.92. The fourth-order valence-corrected chi connectivity index (χ4v) is 3.83. The Labute approximate surface area is 165 Å². The number of aromatic nitrogens is 5. The molecule has 2 N–H and O–H groups in total. The summed E-state index contributed by atoms with van der Waals surface area (Å²) in [5, 5.41) is 19.4. The molecule has 0 bridgehead atoms. The van der Waals surface area contributed by atoms with Gasteiger partial charge in [-0.3, -0.25) is 9.48 Å². The van der Waals surface area contributed by atoms with Crippen molar-refractivity contribution in [3.8, 4) is 0 Å². The Morgan fingerprint density at radius 1 is 1.26 bits per heavy atom. The van der Waals surface area contributed by atoms with Crippen molar-refractivity contribution in [1.82, 2.24) is 35.2 Å². The average molecular weight is 394 g/mol. The summed E-state index contributed by atoms with van der Waals surface area (Å²) in [5.74, 6) is 1.94. The van der Waals surface area contributed by atoms with Crippen LogP contribution in [0.1, 0.15) is 60.3 Å². The second-order valence-corrected chi connectivity index (χ2v) is 7.18. The van der Waals surface area contributed by atoms with Crippen LogP contribution in [0.5, 0.6) is 0 Å². The first kappa shape index (κ1) is 19.8. The van der Waals surface area contributed by atoms with Gasteiger partial charge in [-0.15, -0.1) is 22.6 Å². The Morgan fingerprint density at radius 3 is 3.04 bits per heavy atom. The molecule has 2 aromatic rings. The van der Waals surface area contributed by atoms with Crippen LogP contribution in [0.3, 0.4) is 0 Å². The van der Waals surface area contributed by atoms with Gasteiger partial charge in [0.2, 0.25) is 0 Å². The number of hydrogen-bond acceptors (Lipinski definition) is 5. The molecule has 1 fully saturated rings. The third-order valence-corrected chi connectivity index (χ3v) is 5.31. The third kappa shape index (κ3) is 4.68. The van der Waals surface area contributed by atoms with Crippen molar-refractivity contribution in [3.63, 3.8) is 0 Å². The van der Waals surface area contributed by atoms with E-state index in [-0.39, 0.29) is 18.3 Å². The minimum absolute atomic E-state index is 0. The predicted octanol–water partition coefficient (Wildman–Crippen LogP) is 1.52. The maximum Gasteiger partial charge on any atom is 0.271 e. The lowest BCUT2D eigenvalue weighted by Gasteiger charge is -2.22. The van der Waals surface area contributed by atoms with E-state index in [9.17, 15) is 4.79 Å². The highest BCUT2D eigenvalue weighted by Gasteiger charge is 2.18. The number of rotatable bonds is 5. The molecule has 0 aliphatic carbocycles. The molecule has 0 saturated carbocycles. The van der Waals surface area contributed by atoms with Crippen molar-refractivity contribution >= 4 is 18.3 Å².